The lowest BCUT2D eigenvalue weighted by Gasteiger charge is -2.12. The molecule has 0 spiro atoms. The molecule has 4 rings (SSSR count). The van der Waals surface area contributed by atoms with Crippen LogP contribution in [0.2, 0.25) is 0 Å². The fraction of sp³-hybridized carbons (Fsp3) is 0.167. The molecule has 0 aliphatic carbocycles. The highest BCUT2D eigenvalue weighted by Gasteiger charge is 2.12. The van der Waals surface area contributed by atoms with Gasteiger partial charge in [-0.05, 0) is 35.9 Å². The second-order valence-electron chi connectivity index (χ2n) is 7.08. The van der Waals surface area contributed by atoms with Crippen LogP contribution in [0.3, 0.4) is 0 Å². The summed E-state index contributed by atoms with van der Waals surface area (Å²) >= 11 is 0. The van der Waals surface area contributed by atoms with Gasteiger partial charge in [0.05, 0.1) is 43.4 Å². The summed E-state index contributed by atoms with van der Waals surface area (Å²) in [4.78, 5) is 29.6. The molecular formula is C24H22N4O3. The Hall–Kier alpha value is -4.00. The van der Waals surface area contributed by atoms with Crippen LogP contribution in [0.4, 0.5) is 0 Å². The van der Waals surface area contributed by atoms with Gasteiger partial charge in [0.25, 0.3) is 5.56 Å². The maximum Gasteiger partial charge on any atom is 0.275 e. The first-order valence-corrected chi connectivity index (χ1v) is 9.92. The van der Waals surface area contributed by atoms with Crippen LogP contribution in [-0.2, 0) is 24.3 Å². The number of fused-ring (bicyclic) bond motifs is 1. The largest absolute Gasteiger partial charge is 0.497 e. The molecule has 0 saturated heterocycles. The Morgan fingerprint density at radius 3 is 2.45 bits per heavy atom. The monoisotopic (exact) mass is 414 g/mol. The summed E-state index contributed by atoms with van der Waals surface area (Å²) in [7, 11) is 1.60. The second-order valence-corrected chi connectivity index (χ2v) is 7.08. The minimum atomic E-state index is -0.186. The summed E-state index contributed by atoms with van der Waals surface area (Å²) in [6.45, 7) is 0.481. The number of nitrogens with zero attached hydrogens (tertiary/aromatic N) is 3. The summed E-state index contributed by atoms with van der Waals surface area (Å²) in [6.07, 6.45) is 1.93. The number of pyridine rings is 1. The zero-order valence-electron chi connectivity index (χ0n) is 17.1. The molecule has 156 valence electrons. The molecule has 0 aliphatic heterocycles. The zero-order chi connectivity index (χ0) is 21.6. The van der Waals surface area contributed by atoms with E-state index in [9.17, 15) is 9.59 Å². The van der Waals surface area contributed by atoms with E-state index in [0.29, 0.717) is 11.1 Å². The first-order valence-electron chi connectivity index (χ1n) is 9.92. The third kappa shape index (κ3) is 4.78. The van der Waals surface area contributed by atoms with Gasteiger partial charge in [0.2, 0.25) is 5.91 Å². The van der Waals surface area contributed by atoms with Gasteiger partial charge in [-0.3, -0.25) is 14.6 Å². The molecule has 0 fully saturated rings. The number of rotatable bonds is 7. The SMILES string of the molecule is COc1ccc(CC(=O)NCc2nn(Cc3ccccn3)c(=O)c3ccccc23)cc1. The van der Waals surface area contributed by atoms with E-state index in [-0.39, 0.29) is 31.0 Å². The van der Waals surface area contributed by atoms with Gasteiger partial charge in [0.1, 0.15) is 5.75 Å². The number of aromatic nitrogens is 3. The standard InChI is InChI=1S/C24H22N4O3/c1-31-19-11-9-17(10-12-19)14-23(29)26-15-22-20-7-2-3-8-21(20)24(30)28(27-22)16-18-6-4-5-13-25-18/h2-13H,14-16H2,1H3,(H,26,29). The van der Waals surface area contributed by atoms with Gasteiger partial charge >= 0.3 is 0 Å². The van der Waals surface area contributed by atoms with Crippen molar-refractivity contribution < 1.29 is 9.53 Å². The van der Waals surface area contributed by atoms with Crippen LogP contribution in [0, 0.1) is 0 Å². The second kappa shape index (κ2) is 9.21. The van der Waals surface area contributed by atoms with E-state index in [0.717, 1.165) is 22.4 Å². The molecule has 2 heterocycles. The Labute approximate surface area is 179 Å². The highest BCUT2D eigenvalue weighted by molar-refractivity contribution is 5.84. The number of amides is 1. The van der Waals surface area contributed by atoms with Crippen molar-refractivity contribution in [2.45, 2.75) is 19.5 Å². The topological polar surface area (TPSA) is 86.1 Å². The quantitative estimate of drug-likeness (QED) is 0.503. The molecule has 0 aliphatic rings. The minimum absolute atomic E-state index is 0.126. The van der Waals surface area contributed by atoms with Gasteiger partial charge in [-0.1, -0.05) is 36.4 Å². The molecule has 2 aromatic carbocycles. The molecule has 0 saturated carbocycles. The van der Waals surface area contributed by atoms with E-state index in [2.05, 4.69) is 15.4 Å². The van der Waals surface area contributed by atoms with Crippen LogP contribution in [0.5, 0.6) is 5.75 Å². The highest BCUT2D eigenvalue weighted by atomic mass is 16.5. The minimum Gasteiger partial charge on any atom is -0.497 e. The van der Waals surface area contributed by atoms with Crippen LogP contribution in [-0.4, -0.2) is 27.8 Å². The molecule has 4 aromatic rings. The summed E-state index contributed by atoms with van der Waals surface area (Å²) in [5.41, 5.74) is 2.07. The number of benzene rings is 2. The van der Waals surface area contributed by atoms with Crippen molar-refractivity contribution in [2.75, 3.05) is 7.11 Å². The lowest BCUT2D eigenvalue weighted by atomic mass is 10.1. The number of carbonyl (C=O) groups excluding carboxylic acids is 1. The van der Waals surface area contributed by atoms with Gasteiger partial charge in [0, 0.05) is 11.6 Å². The lowest BCUT2D eigenvalue weighted by molar-refractivity contribution is -0.120. The fourth-order valence-corrected chi connectivity index (χ4v) is 3.36. The molecule has 2 aromatic heterocycles. The smallest absolute Gasteiger partial charge is 0.275 e. The van der Waals surface area contributed by atoms with Gasteiger partial charge in [-0.15, -0.1) is 0 Å². The van der Waals surface area contributed by atoms with Crippen molar-refractivity contribution in [3.63, 3.8) is 0 Å². The van der Waals surface area contributed by atoms with E-state index in [1.165, 1.54) is 4.68 Å². The Morgan fingerprint density at radius 2 is 1.74 bits per heavy atom. The number of ether oxygens (including phenoxy) is 1. The van der Waals surface area contributed by atoms with Crippen LogP contribution in [0.1, 0.15) is 17.0 Å². The van der Waals surface area contributed by atoms with E-state index in [4.69, 9.17) is 4.74 Å². The average Bonchev–Trinajstić information content (AvgIpc) is 2.81. The molecule has 7 nitrogen and oxygen atoms in total. The van der Waals surface area contributed by atoms with Crippen molar-refractivity contribution in [2.24, 2.45) is 0 Å². The van der Waals surface area contributed by atoms with Crippen molar-refractivity contribution in [1.29, 1.82) is 0 Å². The molecule has 0 bridgehead atoms. The molecule has 0 radical (unpaired) electrons. The number of nitrogens with one attached hydrogen (secondary N) is 1. The van der Waals surface area contributed by atoms with Crippen molar-refractivity contribution in [3.8, 4) is 5.75 Å². The Bertz CT molecular complexity index is 1250. The number of carbonyl (C=O) groups is 1. The van der Waals surface area contributed by atoms with Crippen molar-refractivity contribution in [1.82, 2.24) is 20.1 Å². The first-order chi connectivity index (χ1) is 15.1. The molecule has 7 heteroatoms. The van der Waals surface area contributed by atoms with E-state index in [1.807, 2.05) is 60.7 Å². The van der Waals surface area contributed by atoms with E-state index < -0.39 is 0 Å². The molecule has 31 heavy (non-hydrogen) atoms. The number of hydrogen-bond acceptors (Lipinski definition) is 5. The number of hydrogen-bond donors (Lipinski definition) is 1. The normalized spacial score (nSPS) is 10.7. The Kier molecular flexibility index (Phi) is 6.03. The van der Waals surface area contributed by atoms with Crippen LogP contribution in [0.25, 0.3) is 10.8 Å². The Morgan fingerprint density at radius 1 is 1.00 bits per heavy atom. The third-order valence-electron chi connectivity index (χ3n) is 4.96. The fourth-order valence-electron chi connectivity index (χ4n) is 3.36. The summed E-state index contributed by atoms with van der Waals surface area (Å²) < 4.78 is 6.54. The third-order valence-corrected chi connectivity index (χ3v) is 4.96. The van der Waals surface area contributed by atoms with E-state index >= 15 is 0 Å². The van der Waals surface area contributed by atoms with Crippen molar-refractivity contribution in [3.05, 3.63) is 100 Å². The van der Waals surface area contributed by atoms with E-state index in [1.54, 1.807) is 19.4 Å². The zero-order valence-corrected chi connectivity index (χ0v) is 17.1. The predicted molar refractivity (Wildman–Crippen MR) is 118 cm³/mol. The van der Waals surface area contributed by atoms with Crippen LogP contribution in [0.15, 0.2) is 77.7 Å². The maximum absolute atomic E-state index is 12.9. The summed E-state index contributed by atoms with van der Waals surface area (Å²) in [6, 6.07) is 20.2. The predicted octanol–water partition coefficient (Wildman–Crippen LogP) is 2.71. The van der Waals surface area contributed by atoms with Gasteiger partial charge < -0.3 is 10.1 Å². The molecule has 1 amide bonds. The first kappa shape index (κ1) is 20.3. The summed E-state index contributed by atoms with van der Waals surface area (Å²) in [5, 5.41) is 8.74. The molecular weight excluding hydrogens is 392 g/mol. The van der Waals surface area contributed by atoms with Gasteiger partial charge in [0.15, 0.2) is 0 Å². The maximum atomic E-state index is 12.9. The van der Waals surface area contributed by atoms with Gasteiger partial charge in [-0.2, -0.15) is 5.10 Å². The highest BCUT2D eigenvalue weighted by Crippen LogP contribution is 2.14. The molecule has 0 unspecified atom stereocenters. The summed E-state index contributed by atoms with van der Waals surface area (Å²) in [5.74, 6) is 0.619. The van der Waals surface area contributed by atoms with Crippen LogP contribution >= 0.6 is 0 Å². The lowest BCUT2D eigenvalue weighted by Crippen LogP contribution is -2.29. The number of methoxy groups -OCH3 is 1. The molecule has 0 atom stereocenters. The van der Waals surface area contributed by atoms with Crippen LogP contribution < -0.4 is 15.6 Å². The van der Waals surface area contributed by atoms with Gasteiger partial charge in [-0.25, -0.2) is 4.68 Å². The Balaban J connectivity index is 1.55. The average molecular weight is 414 g/mol. The van der Waals surface area contributed by atoms with Crippen molar-refractivity contribution >= 4 is 16.7 Å². The molecule has 1 N–H and O–H groups in total.